The number of rotatable bonds is 5. The predicted octanol–water partition coefficient (Wildman–Crippen LogP) is 2.87. The molecule has 0 radical (unpaired) electrons. The molecule has 0 bridgehead atoms. The number of hydrogen-bond donors (Lipinski definition) is 0. The molecule has 1 fully saturated rings. The second kappa shape index (κ2) is 8.60. The van der Waals surface area contributed by atoms with Gasteiger partial charge in [-0.1, -0.05) is 12.1 Å². The van der Waals surface area contributed by atoms with Crippen molar-refractivity contribution in [3.05, 3.63) is 35.6 Å². The molecule has 136 valence electrons. The lowest BCUT2D eigenvalue weighted by Crippen LogP contribution is -2.42. The van der Waals surface area contributed by atoms with Gasteiger partial charge >= 0.3 is 12.1 Å². The Hall–Kier alpha value is -2.44. The summed E-state index contributed by atoms with van der Waals surface area (Å²) < 4.78 is 22.8. The first kappa shape index (κ1) is 18.9. The van der Waals surface area contributed by atoms with Gasteiger partial charge in [0.05, 0.1) is 19.8 Å². The Morgan fingerprint density at radius 1 is 1.24 bits per heavy atom. The number of methoxy groups -OCH3 is 1. The molecule has 1 saturated heterocycles. The van der Waals surface area contributed by atoms with Crippen molar-refractivity contribution in [3.63, 3.8) is 0 Å². The molecule has 0 N–H and O–H groups in total. The minimum absolute atomic E-state index is 0.199. The number of carbonyl (C=O) groups excluding carboxylic acids is 3. The van der Waals surface area contributed by atoms with Crippen LogP contribution in [0.15, 0.2) is 24.3 Å². The summed E-state index contributed by atoms with van der Waals surface area (Å²) in [7, 11) is 1.29. The quantitative estimate of drug-likeness (QED) is 0.602. The topological polar surface area (TPSA) is 72.9 Å². The van der Waals surface area contributed by atoms with Gasteiger partial charge in [0.15, 0.2) is 0 Å². The third-order valence-electron chi connectivity index (χ3n) is 4.35. The molecule has 0 aromatic heterocycles. The smallest absolute Gasteiger partial charge is 0.409 e. The number of piperidine rings is 1. The number of amides is 1. The first-order chi connectivity index (χ1) is 12.0. The van der Waals surface area contributed by atoms with Gasteiger partial charge < -0.3 is 14.4 Å². The third-order valence-corrected chi connectivity index (χ3v) is 4.35. The number of ketones is 1. The fourth-order valence-corrected chi connectivity index (χ4v) is 3.09. The number of esters is 1. The van der Waals surface area contributed by atoms with E-state index in [1.807, 2.05) is 0 Å². The van der Waals surface area contributed by atoms with Crippen molar-refractivity contribution >= 4 is 17.8 Å². The van der Waals surface area contributed by atoms with E-state index >= 15 is 0 Å². The minimum atomic E-state index is -0.541. The molecule has 1 aliphatic rings. The maximum Gasteiger partial charge on any atom is 0.409 e. The summed E-state index contributed by atoms with van der Waals surface area (Å²) in [6.07, 6.45) is 0.0438. The van der Waals surface area contributed by atoms with E-state index in [9.17, 15) is 18.8 Å². The molecule has 1 amide bonds. The number of likely N-dealkylation sites (tertiary alicyclic amines) is 1. The lowest BCUT2D eigenvalue weighted by Gasteiger charge is -2.38. The van der Waals surface area contributed by atoms with Crippen LogP contribution >= 0.6 is 0 Å². The van der Waals surface area contributed by atoms with Crippen molar-refractivity contribution in [2.24, 2.45) is 5.92 Å². The molecule has 0 aliphatic carbocycles. The summed E-state index contributed by atoms with van der Waals surface area (Å²) in [5.41, 5.74) is 0.723. The molecule has 6 nitrogen and oxygen atoms in total. The molecule has 1 aromatic rings. The molecule has 2 atom stereocenters. The van der Waals surface area contributed by atoms with Crippen LogP contribution in [-0.4, -0.2) is 43.0 Å². The molecule has 1 heterocycles. The van der Waals surface area contributed by atoms with Gasteiger partial charge in [0.25, 0.3) is 0 Å². The number of nitrogens with zero attached hydrogens (tertiary/aromatic N) is 1. The normalized spacial score (nSPS) is 20.0. The van der Waals surface area contributed by atoms with E-state index in [-0.39, 0.29) is 30.5 Å². The van der Waals surface area contributed by atoms with Gasteiger partial charge in [0.1, 0.15) is 18.0 Å². The number of halogens is 1. The number of Topliss-reactive ketones (excluding diaryl/α,β-unsaturated/α-hetero) is 1. The first-order valence-corrected chi connectivity index (χ1v) is 8.24. The van der Waals surface area contributed by atoms with Gasteiger partial charge in [-0.05, 0) is 37.5 Å². The van der Waals surface area contributed by atoms with Crippen LogP contribution in [0.2, 0.25) is 0 Å². The summed E-state index contributed by atoms with van der Waals surface area (Å²) >= 11 is 0. The minimum Gasteiger partial charge on any atom is -0.466 e. The van der Waals surface area contributed by atoms with Gasteiger partial charge in [-0.25, -0.2) is 9.18 Å². The van der Waals surface area contributed by atoms with Crippen LogP contribution in [0.3, 0.4) is 0 Å². The van der Waals surface area contributed by atoms with Gasteiger partial charge in [-0.3, -0.25) is 9.59 Å². The van der Waals surface area contributed by atoms with Crippen molar-refractivity contribution in [2.45, 2.75) is 32.2 Å². The van der Waals surface area contributed by atoms with Gasteiger partial charge in [-0.2, -0.15) is 0 Å². The Labute approximate surface area is 145 Å². The Bertz CT molecular complexity index is 631. The molecule has 1 aromatic carbocycles. The lowest BCUT2D eigenvalue weighted by molar-refractivity contribution is -0.146. The van der Waals surface area contributed by atoms with Crippen LogP contribution in [0.4, 0.5) is 9.18 Å². The standard InChI is InChI=1S/C18H22FNO5/c1-3-25-17(22)11-16(21)13-8-9-20(18(23)24-2)15(10-13)12-4-6-14(19)7-5-12/h4-7,13,15H,3,8-11H2,1-2H3/t13-,15-/m1/s1. The average molecular weight is 351 g/mol. The molecule has 0 saturated carbocycles. The summed E-state index contributed by atoms with van der Waals surface area (Å²) in [5, 5.41) is 0. The summed E-state index contributed by atoms with van der Waals surface area (Å²) in [4.78, 5) is 37.5. The number of hydrogen-bond acceptors (Lipinski definition) is 5. The fraction of sp³-hybridized carbons (Fsp3) is 0.500. The Kier molecular flexibility index (Phi) is 6.50. The second-order valence-corrected chi connectivity index (χ2v) is 5.90. The molecule has 1 aliphatic heterocycles. The van der Waals surface area contributed by atoms with Crippen LogP contribution in [0, 0.1) is 11.7 Å². The summed E-state index contributed by atoms with van der Waals surface area (Å²) in [6, 6.07) is 5.41. The van der Waals surface area contributed by atoms with Crippen LogP contribution in [0.5, 0.6) is 0 Å². The van der Waals surface area contributed by atoms with E-state index in [1.165, 1.54) is 24.1 Å². The fourth-order valence-electron chi connectivity index (χ4n) is 3.09. The van der Waals surface area contributed by atoms with Crippen LogP contribution in [-0.2, 0) is 19.1 Å². The highest BCUT2D eigenvalue weighted by Gasteiger charge is 2.36. The molecule has 2 rings (SSSR count). The average Bonchev–Trinajstić information content (AvgIpc) is 2.61. The van der Waals surface area contributed by atoms with E-state index in [0.717, 1.165) is 5.56 Å². The molecular weight excluding hydrogens is 329 g/mol. The highest BCUT2D eigenvalue weighted by molar-refractivity contribution is 5.96. The zero-order chi connectivity index (χ0) is 18.4. The van der Waals surface area contributed by atoms with E-state index in [4.69, 9.17) is 9.47 Å². The van der Waals surface area contributed by atoms with Crippen molar-refractivity contribution in [1.29, 1.82) is 0 Å². The van der Waals surface area contributed by atoms with Crippen LogP contribution < -0.4 is 0 Å². The van der Waals surface area contributed by atoms with Crippen molar-refractivity contribution in [1.82, 2.24) is 4.90 Å². The molecule has 7 heteroatoms. The maximum absolute atomic E-state index is 13.2. The number of carbonyl (C=O) groups is 3. The van der Waals surface area contributed by atoms with E-state index in [2.05, 4.69) is 0 Å². The Morgan fingerprint density at radius 3 is 2.52 bits per heavy atom. The van der Waals surface area contributed by atoms with Crippen LogP contribution in [0.1, 0.15) is 37.8 Å². The van der Waals surface area contributed by atoms with Gasteiger partial charge in [-0.15, -0.1) is 0 Å². The molecule has 25 heavy (non-hydrogen) atoms. The monoisotopic (exact) mass is 351 g/mol. The Balaban J connectivity index is 2.15. The zero-order valence-electron chi connectivity index (χ0n) is 14.4. The predicted molar refractivity (Wildman–Crippen MR) is 87.2 cm³/mol. The van der Waals surface area contributed by atoms with E-state index < -0.39 is 18.1 Å². The first-order valence-electron chi connectivity index (χ1n) is 8.24. The third kappa shape index (κ3) is 4.78. The van der Waals surface area contributed by atoms with E-state index in [1.54, 1.807) is 19.1 Å². The largest absolute Gasteiger partial charge is 0.466 e. The van der Waals surface area contributed by atoms with Crippen LogP contribution in [0.25, 0.3) is 0 Å². The highest BCUT2D eigenvalue weighted by atomic mass is 19.1. The number of benzene rings is 1. The maximum atomic E-state index is 13.2. The highest BCUT2D eigenvalue weighted by Crippen LogP contribution is 2.35. The van der Waals surface area contributed by atoms with Gasteiger partial charge in [0.2, 0.25) is 0 Å². The molecule has 0 unspecified atom stereocenters. The van der Waals surface area contributed by atoms with Crippen molar-refractivity contribution in [3.8, 4) is 0 Å². The van der Waals surface area contributed by atoms with Crippen molar-refractivity contribution in [2.75, 3.05) is 20.3 Å². The Morgan fingerprint density at radius 2 is 1.92 bits per heavy atom. The molecular formula is C18H22FNO5. The molecule has 0 spiro atoms. The lowest BCUT2D eigenvalue weighted by atomic mass is 9.84. The second-order valence-electron chi connectivity index (χ2n) is 5.90. The van der Waals surface area contributed by atoms with Gasteiger partial charge in [0, 0.05) is 12.5 Å². The SMILES string of the molecule is CCOC(=O)CC(=O)[C@@H]1CCN(C(=O)OC)[C@@H](c2ccc(F)cc2)C1. The summed E-state index contributed by atoms with van der Waals surface area (Å²) in [6.45, 7) is 2.24. The zero-order valence-corrected chi connectivity index (χ0v) is 14.4. The summed E-state index contributed by atoms with van der Waals surface area (Å²) in [5.74, 6) is -1.48. The number of ether oxygens (including phenoxy) is 2. The van der Waals surface area contributed by atoms with Crippen molar-refractivity contribution < 1.29 is 28.2 Å². The van der Waals surface area contributed by atoms with E-state index in [0.29, 0.717) is 19.4 Å².